The molecule has 0 fully saturated rings. The second-order valence-corrected chi connectivity index (χ2v) is 5.20. The maximum Gasteiger partial charge on any atom is 0.318 e. The fraction of sp³-hybridized carbons (Fsp3) is 0.333. The van der Waals surface area contributed by atoms with E-state index in [2.05, 4.69) is 5.16 Å². The van der Waals surface area contributed by atoms with E-state index in [1.807, 2.05) is 0 Å². The van der Waals surface area contributed by atoms with E-state index in [9.17, 15) is 4.79 Å². The van der Waals surface area contributed by atoms with Gasteiger partial charge in [-0.15, -0.1) is 0 Å². The van der Waals surface area contributed by atoms with Gasteiger partial charge in [0.2, 0.25) is 0 Å². The Bertz CT molecular complexity index is 559. The van der Waals surface area contributed by atoms with Crippen molar-refractivity contribution in [3.63, 3.8) is 0 Å². The highest BCUT2D eigenvalue weighted by Gasteiger charge is 2.40. The van der Waals surface area contributed by atoms with Crippen molar-refractivity contribution in [2.45, 2.75) is 13.0 Å². The van der Waals surface area contributed by atoms with Crippen molar-refractivity contribution in [3.05, 3.63) is 32.8 Å². The molecule has 7 heteroatoms. The highest BCUT2D eigenvalue weighted by molar-refractivity contribution is 6.47. The van der Waals surface area contributed by atoms with Gasteiger partial charge in [-0.3, -0.25) is 4.79 Å². The zero-order valence-corrected chi connectivity index (χ0v) is 12.4. The summed E-state index contributed by atoms with van der Waals surface area (Å²) >= 11 is 18.2. The lowest BCUT2D eigenvalue weighted by Gasteiger charge is -2.14. The van der Waals surface area contributed by atoms with Crippen molar-refractivity contribution in [1.82, 2.24) is 0 Å². The highest BCUT2D eigenvalue weighted by Crippen LogP contribution is 2.36. The number of carbonyl (C=O) groups is 1. The largest absolute Gasteiger partial charge is 0.468 e. The van der Waals surface area contributed by atoms with Crippen molar-refractivity contribution in [2.24, 2.45) is 11.1 Å². The van der Waals surface area contributed by atoms with E-state index >= 15 is 0 Å². The maximum atomic E-state index is 11.8. The quantitative estimate of drug-likeness (QED) is 0.618. The van der Waals surface area contributed by atoms with Crippen LogP contribution in [0.25, 0.3) is 0 Å². The first-order chi connectivity index (χ1) is 8.97. The number of carbonyl (C=O) groups excluding carboxylic acids is 1. The van der Waals surface area contributed by atoms with Crippen LogP contribution in [0.15, 0.2) is 17.3 Å². The summed E-state index contributed by atoms with van der Waals surface area (Å²) in [6, 6.07) is 3.16. The van der Waals surface area contributed by atoms with Crippen LogP contribution in [-0.4, -0.2) is 24.9 Å². The lowest BCUT2D eigenvalue weighted by molar-refractivity contribution is -0.145. The first-order valence-corrected chi connectivity index (χ1v) is 6.56. The molecule has 102 valence electrons. The number of methoxy groups -OCH3 is 1. The summed E-state index contributed by atoms with van der Waals surface area (Å²) in [7, 11) is 1.30. The summed E-state index contributed by atoms with van der Waals surface area (Å²) in [4.78, 5) is 16.9. The molecule has 0 N–H and O–H groups in total. The van der Waals surface area contributed by atoms with Crippen LogP contribution < -0.4 is 0 Å². The third kappa shape index (κ3) is 2.53. The molecular formula is C12H10Cl3NO3. The van der Waals surface area contributed by atoms with Gasteiger partial charge < -0.3 is 9.57 Å². The first-order valence-electron chi connectivity index (χ1n) is 5.42. The van der Waals surface area contributed by atoms with Crippen molar-refractivity contribution in [3.8, 4) is 0 Å². The Morgan fingerprint density at radius 2 is 1.95 bits per heavy atom. The van der Waals surface area contributed by atoms with Gasteiger partial charge in [-0.25, -0.2) is 0 Å². The second kappa shape index (κ2) is 5.57. The molecule has 0 amide bonds. The summed E-state index contributed by atoms with van der Waals surface area (Å²) in [5, 5.41) is 4.80. The number of rotatable bonds is 2. The standard InChI is InChI=1S/C12H10Cl3NO3/c1-5-8(12(17)18-2)11(16-19-5)9-6(13)3-4-7(14)10(9)15/h3-5,8H,1-2H3. The number of halogens is 3. The van der Waals surface area contributed by atoms with Gasteiger partial charge >= 0.3 is 5.97 Å². The molecule has 0 saturated heterocycles. The second-order valence-electron chi connectivity index (χ2n) is 4.01. The lowest BCUT2D eigenvalue weighted by Crippen LogP contribution is -2.31. The molecule has 1 aliphatic rings. The summed E-state index contributed by atoms with van der Waals surface area (Å²) in [5.74, 6) is -1.14. The number of ether oxygens (including phenoxy) is 1. The third-order valence-corrected chi connectivity index (χ3v) is 3.96. The van der Waals surface area contributed by atoms with Crippen LogP contribution in [0, 0.1) is 5.92 Å². The van der Waals surface area contributed by atoms with Gasteiger partial charge in [0.25, 0.3) is 0 Å². The van der Waals surface area contributed by atoms with Gasteiger partial charge in [-0.05, 0) is 19.1 Å². The molecule has 0 bridgehead atoms. The summed E-state index contributed by atoms with van der Waals surface area (Å²) < 4.78 is 4.75. The zero-order chi connectivity index (χ0) is 14.2. The molecular weight excluding hydrogens is 312 g/mol. The highest BCUT2D eigenvalue weighted by atomic mass is 35.5. The predicted octanol–water partition coefficient (Wildman–Crippen LogP) is 3.56. The third-order valence-electron chi connectivity index (χ3n) is 2.84. The van der Waals surface area contributed by atoms with E-state index in [-0.39, 0.29) is 5.02 Å². The zero-order valence-electron chi connectivity index (χ0n) is 10.1. The van der Waals surface area contributed by atoms with Crippen LogP contribution in [0.2, 0.25) is 15.1 Å². The van der Waals surface area contributed by atoms with Gasteiger partial charge in [-0.2, -0.15) is 0 Å². The molecule has 0 radical (unpaired) electrons. The molecule has 1 heterocycles. The fourth-order valence-electron chi connectivity index (χ4n) is 1.87. The molecule has 2 rings (SSSR count). The minimum atomic E-state index is -0.682. The number of hydrogen-bond acceptors (Lipinski definition) is 4. The normalized spacial score (nSPS) is 21.8. The van der Waals surface area contributed by atoms with E-state index in [1.54, 1.807) is 19.1 Å². The van der Waals surface area contributed by atoms with Crippen LogP contribution in [0.1, 0.15) is 12.5 Å². The van der Waals surface area contributed by atoms with E-state index < -0.39 is 18.0 Å². The van der Waals surface area contributed by atoms with Crippen LogP contribution in [0.3, 0.4) is 0 Å². The van der Waals surface area contributed by atoms with E-state index in [0.717, 1.165) is 0 Å². The molecule has 19 heavy (non-hydrogen) atoms. The average Bonchev–Trinajstić information content (AvgIpc) is 2.75. The summed E-state index contributed by atoms with van der Waals surface area (Å²) in [5.41, 5.74) is 0.729. The van der Waals surface area contributed by atoms with Gasteiger partial charge in [0.1, 0.15) is 17.7 Å². The van der Waals surface area contributed by atoms with Crippen molar-refractivity contribution in [1.29, 1.82) is 0 Å². The van der Waals surface area contributed by atoms with Crippen molar-refractivity contribution < 1.29 is 14.4 Å². The van der Waals surface area contributed by atoms with Crippen molar-refractivity contribution in [2.75, 3.05) is 7.11 Å². The molecule has 1 aromatic rings. The molecule has 2 atom stereocenters. The van der Waals surface area contributed by atoms with E-state index in [0.29, 0.717) is 21.3 Å². The Balaban J connectivity index is 2.53. The Hall–Kier alpha value is -0.970. The number of esters is 1. The number of hydrogen-bond donors (Lipinski definition) is 0. The Morgan fingerprint density at radius 3 is 2.58 bits per heavy atom. The number of oxime groups is 1. The number of benzene rings is 1. The molecule has 4 nitrogen and oxygen atoms in total. The van der Waals surface area contributed by atoms with Crippen LogP contribution >= 0.6 is 34.8 Å². The molecule has 0 aliphatic carbocycles. The van der Waals surface area contributed by atoms with E-state index in [1.165, 1.54) is 7.11 Å². The smallest absolute Gasteiger partial charge is 0.318 e. The maximum absolute atomic E-state index is 11.8. The van der Waals surface area contributed by atoms with Crippen LogP contribution in [0.5, 0.6) is 0 Å². The molecule has 0 aromatic heterocycles. The predicted molar refractivity (Wildman–Crippen MR) is 74.1 cm³/mol. The Kier molecular flexibility index (Phi) is 4.23. The molecule has 0 saturated carbocycles. The van der Waals surface area contributed by atoms with Crippen LogP contribution in [-0.2, 0) is 14.4 Å². The van der Waals surface area contributed by atoms with Gasteiger partial charge in [0.05, 0.1) is 22.2 Å². The van der Waals surface area contributed by atoms with Crippen molar-refractivity contribution >= 4 is 46.5 Å². The topological polar surface area (TPSA) is 47.9 Å². The monoisotopic (exact) mass is 321 g/mol. The minimum absolute atomic E-state index is 0.236. The Morgan fingerprint density at radius 1 is 1.32 bits per heavy atom. The number of nitrogens with zero attached hydrogens (tertiary/aromatic N) is 1. The average molecular weight is 323 g/mol. The van der Waals surface area contributed by atoms with Gasteiger partial charge in [0, 0.05) is 5.56 Å². The lowest BCUT2D eigenvalue weighted by atomic mass is 9.93. The van der Waals surface area contributed by atoms with Gasteiger partial charge in [-0.1, -0.05) is 40.0 Å². The molecule has 0 spiro atoms. The van der Waals surface area contributed by atoms with E-state index in [4.69, 9.17) is 44.4 Å². The SMILES string of the molecule is COC(=O)C1C(c2c(Cl)ccc(Cl)c2Cl)=NOC1C. The fourth-order valence-corrected chi connectivity index (χ4v) is 2.59. The minimum Gasteiger partial charge on any atom is -0.468 e. The molecule has 1 aliphatic heterocycles. The Labute approximate surface area is 125 Å². The van der Waals surface area contributed by atoms with Crippen LogP contribution in [0.4, 0.5) is 0 Å². The molecule has 1 aromatic carbocycles. The first kappa shape index (κ1) is 14.4. The van der Waals surface area contributed by atoms with Gasteiger partial charge in [0.15, 0.2) is 0 Å². The summed E-state index contributed by atoms with van der Waals surface area (Å²) in [6.45, 7) is 1.71. The summed E-state index contributed by atoms with van der Waals surface area (Å²) in [6.07, 6.45) is -0.450. The molecule has 2 unspecified atom stereocenters.